The number of alkyl carbamates (subject to hydrolysis) is 2. The molecule has 16 heteroatoms. The zero-order valence-electron chi connectivity index (χ0n) is 36.1. The van der Waals surface area contributed by atoms with E-state index in [1.54, 1.807) is 0 Å². The molecule has 0 radical (unpaired) electrons. The molecule has 8 rings (SSSR count). The molecule has 0 unspecified atom stereocenters. The van der Waals surface area contributed by atoms with Gasteiger partial charge in [0.2, 0.25) is 11.8 Å². The fraction of sp³-hybridized carbons (Fsp3) is 0.489. The summed E-state index contributed by atoms with van der Waals surface area (Å²) in [5.41, 5.74) is 6.59. The fourth-order valence-corrected chi connectivity index (χ4v) is 9.65. The van der Waals surface area contributed by atoms with Gasteiger partial charge in [0.15, 0.2) is 0 Å². The number of methoxy groups -OCH3 is 2. The molecule has 2 aromatic heterocycles. The van der Waals surface area contributed by atoms with E-state index in [1.165, 1.54) is 14.2 Å². The zero-order valence-corrected chi connectivity index (χ0v) is 36.1. The van der Waals surface area contributed by atoms with Crippen molar-refractivity contribution < 1.29 is 38.1 Å². The largest absolute Gasteiger partial charge is 0.453 e. The summed E-state index contributed by atoms with van der Waals surface area (Å²) in [6.07, 6.45) is 8.93. The van der Waals surface area contributed by atoms with Crippen LogP contribution < -0.4 is 10.6 Å². The van der Waals surface area contributed by atoms with E-state index in [-0.39, 0.29) is 35.7 Å². The van der Waals surface area contributed by atoms with Crippen molar-refractivity contribution >= 4 is 24.0 Å². The van der Waals surface area contributed by atoms with E-state index in [0.29, 0.717) is 71.6 Å². The quantitative estimate of drug-likeness (QED) is 0.108. The standard InChI is InChI=1S/C47H58N8O8/c1-4-7-35-39(51-43(49-35)38-9-6-23-55(38)45(57)41(53-47(59)61-3)34-20-26-63-27-21-34)32-16-12-30(13-17-32)29-10-14-31(15-11-29)36-28-48-42(50-36)37-8-5-22-54(37)44(56)40(52-46(58)60-2)33-18-24-62-25-19-33/h4,10-17,28,33-34,37-38,40-41H,1,5-9,18-27H2,2-3H3,(H,48,50)(H,49,51)(H,52,58)(H,53,59)/t37-,38-,40-,41-/m0/s1. The van der Waals surface area contributed by atoms with Gasteiger partial charge < -0.3 is 49.3 Å². The van der Waals surface area contributed by atoms with Gasteiger partial charge in [-0.2, -0.15) is 0 Å². The Balaban J connectivity index is 0.952. The molecule has 4 amide bonds. The van der Waals surface area contributed by atoms with Crippen LogP contribution in [0, 0.1) is 11.8 Å². The molecule has 4 N–H and O–H groups in total. The third kappa shape index (κ3) is 9.66. The van der Waals surface area contributed by atoms with Crippen LogP contribution in [0.5, 0.6) is 0 Å². The van der Waals surface area contributed by atoms with Crippen LogP contribution in [0.15, 0.2) is 67.4 Å². The van der Waals surface area contributed by atoms with Gasteiger partial charge in [0.05, 0.1) is 43.9 Å². The highest BCUT2D eigenvalue weighted by molar-refractivity contribution is 5.87. The number of hydrogen-bond donors (Lipinski definition) is 4. The second-order valence-electron chi connectivity index (χ2n) is 16.8. The third-order valence-electron chi connectivity index (χ3n) is 13.1. The first-order valence-electron chi connectivity index (χ1n) is 22.2. The van der Waals surface area contributed by atoms with Crippen LogP contribution >= 0.6 is 0 Å². The molecule has 0 bridgehead atoms. The minimum atomic E-state index is -0.706. The highest BCUT2D eigenvalue weighted by Crippen LogP contribution is 2.37. The van der Waals surface area contributed by atoms with E-state index in [1.807, 2.05) is 22.1 Å². The van der Waals surface area contributed by atoms with Gasteiger partial charge in [0.25, 0.3) is 0 Å². The van der Waals surface area contributed by atoms with Crippen LogP contribution in [0.4, 0.5) is 9.59 Å². The SMILES string of the molecule is C=CCc1[nH]c([C@@H]2CCCN2C(=O)[C@@H](NC(=O)OC)C2CCOCC2)nc1-c1ccc(-c2ccc(-c3cnc([C@@H]4CCCN4C(=O)[C@@H](NC(=O)OC)C4CCOCC4)[nH]3)cc2)cc1. The Labute approximate surface area is 367 Å². The number of nitrogens with one attached hydrogen (secondary N) is 4. The Morgan fingerprint density at radius 2 is 1.19 bits per heavy atom. The van der Waals surface area contributed by atoms with Crippen molar-refractivity contribution in [2.45, 2.75) is 82.0 Å². The third-order valence-corrected chi connectivity index (χ3v) is 13.1. The molecule has 0 saturated carbocycles. The van der Waals surface area contributed by atoms with E-state index >= 15 is 0 Å². The first-order valence-corrected chi connectivity index (χ1v) is 22.2. The van der Waals surface area contributed by atoms with E-state index < -0.39 is 24.3 Å². The maximum atomic E-state index is 14.2. The van der Waals surface area contributed by atoms with Crippen LogP contribution in [-0.2, 0) is 35.0 Å². The molecule has 4 aliphatic heterocycles. The first kappa shape index (κ1) is 43.6. The number of aromatic amines is 2. The van der Waals surface area contributed by atoms with Crippen molar-refractivity contribution in [1.29, 1.82) is 0 Å². The van der Waals surface area contributed by atoms with Crippen molar-refractivity contribution in [3.8, 4) is 33.6 Å². The lowest BCUT2D eigenvalue weighted by Crippen LogP contribution is -2.53. The molecule has 6 heterocycles. The van der Waals surface area contributed by atoms with Gasteiger partial charge in [0.1, 0.15) is 23.7 Å². The smallest absolute Gasteiger partial charge is 0.407 e. The number of aromatic nitrogens is 4. The van der Waals surface area contributed by atoms with E-state index in [9.17, 15) is 19.2 Å². The Morgan fingerprint density at radius 1 is 0.714 bits per heavy atom. The van der Waals surface area contributed by atoms with E-state index in [0.717, 1.165) is 76.7 Å². The van der Waals surface area contributed by atoms with Crippen molar-refractivity contribution in [1.82, 2.24) is 40.4 Å². The Morgan fingerprint density at radius 3 is 1.68 bits per heavy atom. The number of nitrogens with zero attached hydrogens (tertiary/aromatic N) is 4. The summed E-state index contributed by atoms with van der Waals surface area (Å²) < 4.78 is 20.8. The summed E-state index contributed by atoms with van der Waals surface area (Å²) in [6.45, 7) is 7.35. The van der Waals surface area contributed by atoms with E-state index in [4.69, 9.17) is 28.9 Å². The first-order chi connectivity index (χ1) is 30.8. The predicted molar refractivity (Wildman–Crippen MR) is 234 cm³/mol. The van der Waals surface area contributed by atoms with Crippen molar-refractivity contribution in [2.24, 2.45) is 11.8 Å². The zero-order chi connectivity index (χ0) is 43.9. The lowest BCUT2D eigenvalue weighted by molar-refractivity contribution is -0.137. The molecule has 4 saturated heterocycles. The minimum absolute atomic E-state index is 0.0335. The average molecular weight is 863 g/mol. The highest BCUT2D eigenvalue weighted by atomic mass is 16.5. The van der Waals surface area contributed by atoms with Crippen LogP contribution in [0.2, 0.25) is 0 Å². The van der Waals surface area contributed by atoms with Gasteiger partial charge in [-0.3, -0.25) is 9.59 Å². The summed E-state index contributed by atoms with van der Waals surface area (Å²) in [7, 11) is 2.61. The molecule has 4 aliphatic rings. The maximum absolute atomic E-state index is 14.2. The average Bonchev–Trinajstić information content (AvgIpc) is 4.18. The van der Waals surface area contributed by atoms with Crippen LogP contribution in [0.3, 0.4) is 0 Å². The highest BCUT2D eigenvalue weighted by Gasteiger charge is 2.42. The lowest BCUT2D eigenvalue weighted by Gasteiger charge is -2.34. The Hall–Kier alpha value is -6.00. The Kier molecular flexibility index (Phi) is 13.9. The van der Waals surface area contributed by atoms with Gasteiger partial charge in [-0.05, 0) is 79.9 Å². The number of ether oxygens (including phenoxy) is 4. The molecule has 4 fully saturated rings. The number of benzene rings is 2. The van der Waals surface area contributed by atoms with Crippen molar-refractivity contribution in [3.05, 3.63) is 84.7 Å². The Bertz CT molecular complexity index is 2230. The van der Waals surface area contributed by atoms with Crippen LogP contribution in [0.1, 0.15) is 80.8 Å². The number of hydrogen-bond acceptors (Lipinski definition) is 10. The van der Waals surface area contributed by atoms with Crippen LogP contribution in [-0.4, -0.2) is 120 Å². The number of carbonyl (C=O) groups is 4. The summed E-state index contributed by atoms with van der Waals surface area (Å²) in [4.78, 5) is 73.4. The van der Waals surface area contributed by atoms with Crippen molar-refractivity contribution in [3.63, 3.8) is 0 Å². The van der Waals surface area contributed by atoms with Gasteiger partial charge in [0, 0.05) is 57.2 Å². The van der Waals surface area contributed by atoms with Crippen molar-refractivity contribution in [2.75, 3.05) is 53.7 Å². The van der Waals surface area contributed by atoms with Gasteiger partial charge in [-0.25, -0.2) is 19.6 Å². The lowest BCUT2D eigenvalue weighted by atomic mass is 9.90. The number of likely N-dealkylation sites (tertiary alicyclic amines) is 2. The summed E-state index contributed by atoms with van der Waals surface area (Å²) >= 11 is 0. The van der Waals surface area contributed by atoms with Gasteiger partial charge >= 0.3 is 12.2 Å². The number of amides is 4. The number of rotatable bonds is 13. The summed E-state index contributed by atoms with van der Waals surface area (Å²) in [5.74, 6) is 1.12. The van der Waals surface area contributed by atoms with Gasteiger partial charge in [-0.15, -0.1) is 6.58 Å². The summed E-state index contributed by atoms with van der Waals surface area (Å²) in [6, 6.07) is 14.7. The molecule has 334 valence electrons. The number of H-pyrrole nitrogens is 2. The number of carbonyl (C=O) groups excluding carboxylic acids is 4. The molecular weight excluding hydrogens is 805 g/mol. The predicted octanol–water partition coefficient (Wildman–Crippen LogP) is 6.49. The van der Waals surface area contributed by atoms with Crippen LogP contribution in [0.25, 0.3) is 33.6 Å². The van der Waals surface area contributed by atoms with E-state index in [2.05, 4.69) is 75.7 Å². The topological polar surface area (TPSA) is 193 Å². The molecular formula is C47H58N8O8. The molecule has 16 nitrogen and oxygen atoms in total. The second kappa shape index (κ2) is 20.0. The number of allylic oxidation sites excluding steroid dienone is 1. The normalized spacial score (nSPS) is 20.5. The molecule has 0 spiro atoms. The molecule has 4 aromatic rings. The number of imidazole rings is 2. The maximum Gasteiger partial charge on any atom is 0.407 e. The van der Waals surface area contributed by atoms with Gasteiger partial charge in [-0.1, -0.05) is 54.6 Å². The summed E-state index contributed by atoms with van der Waals surface area (Å²) in [5, 5.41) is 5.64. The fourth-order valence-electron chi connectivity index (χ4n) is 9.65. The minimum Gasteiger partial charge on any atom is -0.453 e. The second-order valence-corrected chi connectivity index (χ2v) is 16.8. The molecule has 63 heavy (non-hydrogen) atoms. The molecule has 0 aliphatic carbocycles. The monoisotopic (exact) mass is 862 g/mol. The molecule has 4 atom stereocenters. The molecule has 2 aromatic carbocycles.